The first-order chi connectivity index (χ1) is 10.9. The van der Waals surface area contributed by atoms with Crippen molar-refractivity contribution in [3.8, 4) is 11.5 Å². The second-order valence-electron chi connectivity index (χ2n) is 4.27. The van der Waals surface area contributed by atoms with Gasteiger partial charge in [0.25, 0.3) is 10.0 Å². The van der Waals surface area contributed by atoms with Crippen molar-refractivity contribution < 1.29 is 33.2 Å². The monoisotopic (exact) mass is 344 g/mol. The molecule has 0 radical (unpaired) electrons. The molecule has 1 aromatic rings. The molecule has 0 spiro atoms. The Labute approximate surface area is 134 Å². The van der Waals surface area contributed by atoms with Crippen LogP contribution in [0.2, 0.25) is 0 Å². The third kappa shape index (κ3) is 6.68. The van der Waals surface area contributed by atoms with E-state index in [1.54, 1.807) is 0 Å². The Hall–Kier alpha value is -2.10. The fraction of sp³-hybridized carbons (Fsp3) is 0.357. The molecular formula is C14H18NO7S-. The molecule has 0 saturated heterocycles. The highest BCUT2D eigenvalue weighted by atomic mass is 32.2. The average Bonchev–Trinajstić information content (AvgIpc) is 2.50. The maximum Gasteiger partial charge on any atom is 0.256 e. The first-order valence-electron chi connectivity index (χ1n) is 6.65. The van der Waals surface area contributed by atoms with Crippen molar-refractivity contribution in [1.29, 1.82) is 0 Å². The van der Waals surface area contributed by atoms with Gasteiger partial charge in [-0.25, -0.2) is 8.42 Å². The van der Waals surface area contributed by atoms with Gasteiger partial charge in [-0.15, -0.1) is 6.58 Å². The predicted octanol–water partition coefficient (Wildman–Crippen LogP) is -0.948. The number of sulfonamides is 1. The van der Waals surface area contributed by atoms with Crippen molar-refractivity contribution in [2.24, 2.45) is 4.40 Å². The topological polar surface area (TPSA) is 128 Å². The largest absolute Gasteiger partial charge is 0.858 e. The molecular weight excluding hydrogens is 326 g/mol. The van der Waals surface area contributed by atoms with Crippen molar-refractivity contribution in [2.45, 2.75) is 0 Å². The van der Waals surface area contributed by atoms with E-state index in [4.69, 9.17) is 19.7 Å². The zero-order valence-electron chi connectivity index (χ0n) is 12.3. The molecule has 1 rings (SSSR count). The van der Waals surface area contributed by atoms with E-state index in [1.807, 2.05) is 0 Å². The summed E-state index contributed by atoms with van der Waals surface area (Å²) in [4.78, 5) is 0. The molecule has 9 heteroatoms. The predicted molar refractivity (Wildman–Crippen MR) is 82.1 cm³/mol. The molecule has 0 bridgehead atoms. The summed E-state index contributed by atoms with van der Waals surface area (Å²) in [6, 6.07) is 4.02. The van der Waals surface area contributed by atoms with E-state index in [0.717, 1.165) is 6.08 Å². The third-order valence-electron chi connectivity index (χ3n) is 2.40. The molecule has 1 aromatic carbocycles. The van der Waals surface area contributed by atoms with Crippen molar-refractivity contribution in [2.75, 3.05) is 32.2 Å². The summed E-state index contributed by atoms with van der Waals surface area (Å²) < 4.78 is 36.6. The number of aliphatic hydroxyl groups excluding tert-OH is 2. The smallest absolute Gasteiger partial charge is 0.256 e. The van der Waals surface area contributed by atoms with E-state index < -0.39 is 21.7 Å². The van der Waals surface area contributed by atoms with Crippen molar-refractivity contribution >= 4 is 15.9 Å². The van der Waals surface area contributed by atoms with Crippen LogP contribution in [0, 0.1) is 0 Å². The molecule has 0 aliphatic rings. The summed E-state index contributed by atoms with van der Waals surface area (Å²) in [5.74, 6) is -1.02. The first kappa shape index (κ1) is 18.9. The molecule has 0 aromatic heterocycles. The van der Waals surface area contributed by atoms with Gasteiger partial charge in [-0.05, 0) is 17.7 Å². The minimum Gasteiger partial charge on any atom is -0.858 e. The van der Waals surface area contributed by atoms with Crippen LogP contribution in [0.5, 0.6) is 11.5 Å². The van der Waals surface area contributed by atoms with Gasteiger partial charge in [-0.1, -0.05) is 6.08 Å². The molecule has 0 saturated carbocycles. The van der Waals surface area contributed by atoms with Gasteiger partial charge >= 0.3 is 0 Å². The van der Waals surface area contributed by atoms with Crippen LogP contribution >= 0.6 is 0 Å². The first-order valence-corrected chi connectivity index (χ1v) is 8.26. The Morgan fingerprint density at radius 3 is 2.13 bits per heavy atom. The van der Waals surface area contributed by atoms with E-state index in [9.17, 15) is 13.5 Å². The molecule has 0 aliphatic carbocycles. The van der Waals surface area contributed by atoms with Crippen LogP contribution in [0.4, 0.5) is 0 Å². The number of hydrogen-bond donors (Lipinski definition) is 2. The Balaban J connectivity index is 3.16. The van der Waals surface area contributed by atoms with Crippen LogP contribution < -0.4 is 14.6 Å². The number of hydrogen-bond acceptors (Lipinski definition) is 7. The van der Waals surface area contributed by atoms with Gasteiger partial charge in [0, 0.05) is 12.0 Å². The molecule has 8 nitrogen and oxygen atoms in total. The maximum atomic E-state index is 12.0. The molecule has 0 fully saturated rings. The number of ether oxygens (including phenoxy) is 2. The van der Waals surface area contributed by atoms with Gasteiger partial charge in [0.2, 0.25) is 0 Å². The fourth-order valence-electron chi connectivity index (χ4n) is 1.55. The van der Waals surface area contributed by atoms with E-state index in [-0.39, 0.29) is 43.5 Å². The van der Waals surface area contributed by atoms with Gasteiger partial charge in [0.05, 0.1) is 19.0 Å². The Bertz CT molecular complexity index is 629. The van der Waals surface area contributed by atoms with Gasteiger partial charge in [-0.2, -0.15) is 4.40 Å². The van der Waals surface area contributed by atoms with Crippen LogP contribution in [0.15, 0.2) is 35.3 Å². The van der Waals surface area contributed by atoms with E-state index in [2.05, 4.69) is 11.0 Å². The minimum absolute atomic E-state index is 0.0109. The number of nitrogens with zero attached hydrogens (tertiary/aromatic N) is 1. The summed E-state index contributed by atoms with van der Waals surface area (Å²) in [6.45, 7) is 2.80. The molecule has 0 atom stereocenters. The molecule has 0 aliphatic heterocycles. The van der Waals surface area contributed by atoms with Crippen LogP contribution in [-0.4, -0.2) is 56.7 Å². The fourth-order valence-corrected chi connectivity index (χ4v) is 2.28. The summed E-state index contributed by atoms with van der Waals surface area (Å²) in [5.41, 5.74) is -0.0546. The standard InChI is InChI=1S/C14H19NO7S/c1-2-7-23(19,20)15-14(18)11-8-12(21-5-3-16)10-13(9-11)22-6-4-17/h2,8-10,16-17H,1,3-7H2,(H,15,18)/p-1. The SMILES string of the molecule is C=CCS(=O)(=O)/N=C(\[O-])c1cc(OCCO)cc(OCCO)c1. The highest BCUT2D eigenvalue weighted by molar-refractivity contribution is 7.90. The van der Waals surface area contributed by atoms with E-state index >= 15 is 0 Å². The summed E-state index contributed by atoms with van der Waals surface area (Å²) in [7, 11) is -3.94. The Morgan fingerprint density at radius 1 is 1.17 bits per heavy atom. The molecule has 2 N–H and O–H groups in total. The lowest BCUT2D eigenvalue weighted by Gasteiger charge is -2.15. The summed E-state index contributed by atoms with van der Waals surface area (Å²) >= 11 is 0. The van der Waals surface area contributed by atoms with Gasteiger partial charge < -0.3 is 24.8 Å². The Morgan fingerprint density at radius 2 is 1.70 bits per heavy atom. The molecule has 0 unspecified atom stereocenters. The van der Waals surface area contributed by atoms with Crippen molar-refractivity contribution in [3.05, 3.63) is 36.4 Å². The van der Waals surface area contributed by atoms with E-state index in [1.165, 1.54) is 18.2 Å². The second-order valence-corrected chi connectivity index (χ2v) is 5.95. The highest BCUT2D eigenvalue weighted by Crippen LogP contribution is 2.23. The van der Waals surface area contributed by atoms with Crippen molar-refractivity contribution in [3.63, 3.8) is 0 Å². The van der Waals surface area contributed by atoms with Crippen LogP contribution in [0.25, 0.3) is 0 Å². The lowest BCUT2D eigenvalue weighted by atomic mass is 10.2. The maximum absolute atomic E-state index is 12.0. The van der Waals surface area contributed by atoms with Crippen LogP contribution in [0.1, 0.15) is 5.56 Å². The molecule has 0 heterocycles. The van der Waals surface area contributed by atoms with Crippen LogP contribution in [-0.2, 0) is 10.0 Å². The van der Waals surface area contributed by atoms with Crippen LogP contribution in [0.3, 0.4) is 0 Å². The lowest BCUT2D eigenvalue weighted by molar-refractivity contribution is -0.212. The average molecular weight is 344 g/mol. The van der Waals surface area contributed by atoms with Gasteiger partial charge in [-0.3, -0.25) is 0 Å². The van der Waals surface area contributed by atoms with Gasteiger partial charge in [0.15, 0.2) is 0 Å². The number of aliphatic hydroxyl groups is 2. The Kier molecular flexibility index (Phi) is 7.52. The second kappa shape index (κ2) is 9.13. The highest BCUT2D eigenvalue weighted by Gasteiger charge is 2.08. The normalized spacial score (nSPS) is 12.0. The number of benzene rings is 1. The summed E-state index contributed by atoms with van der Waals surface area (Å²) in [6.07, 6.45) is 1.13. The molecule has 23 heavy (non-hydrogen) atoms. The zero-order chi connectivity index (χ0) is 17.3. The third-order valence-corrected chi connectivity index (χ3v) is 3.50. The van der Waals surface area contributed by atoms with Crippen molar-refractivity contribution in [1.82, 2.24) is 0 Å². The molecule has 0 amide bonds. The van der Waals surface area contributed by atoms with E-state index in [0.29, 0.717) is 0 Å². The number of rotatable bonds is 10. The molecule has 128 valence electrons. The minimum atomic E-state index is -3.94. The lowest BCUT2D eigenvalue weighted by Crippen LogP contribution is -2.21. The summed E-state index contributed by atoms with van der Waals surface area (Å²) in [5, 5.41) is 29.5. The quantitative estimate of drug-likeness (QED) is 0.318. The van der Waals surface area contributed by atoms with Gasteiger partial charge in [0.1, 0.15) is 24.7 Å². The zero-order valence-corrected chi connectivity index (χ0v) is 13.2.